The summed E-state index contributed by atoms with van der Waals surface area (Å²) in [6.45, 7) is 1.13. The van der Waals surface area contributed by atoms with Crippen LogP contribution in [0.2, 0.25) is 5.02 Å². The summed E-state index contributed by atoms with van der Waals surface area (Å²) in [4.78, 5) is 25.1. The second-order valence-corrected chi connectivity index (χ2v) is 7.87. The zero-order chi connectivity index (χ0) is 16.3. The van der Waals surface area contributed by atoms with Gasteiger partial charge in [-0.25, -0.2) is 8.42 Å². The summed E-state index contributed by atoms with van der Waals surface area (Å²) in [6.07, 6.45) is 0.362. The number of para-hydroxylation sites is 1. The minimum atomic E-state index is -3.12. The second-order valence-electron chi connectivity index (χ2n) is 5.23. The van der Waals surface area contributed by atoms with Crippen LogP contribution >= 0.6 is 11.6 Å². The molecule has 6 nitrogen and oxygen atoms in total. The third-order valence-corrected chi connectivity index (χ3v) is 5.60. The lowest BCUT2D eigenvalue weighted by Crippen LogP contribution is -2.44. The standard InChI is InChI=1S/C14H17ClN2O4S/c1-10(18)17(11-6-7-22(20,21)9-11)8-14(19)16-13-5-3-2-4-12(13)15/h2-5,11H,6-9H2,1H3,(H,16,19). The van der Waals surface area contributed by atoms with Gasteiger partial charge < -0.3 is 10.2 Å². The van der Waals surface area contributed by atoms with Crippen molar-refractivity contribution in [3.63, 3.8) is 0 Å². The summed E-state index contributed by atoms with van der Waals surface area (Å²) < 4.78 is 23.1. The summed E-state index contributed by atoms with van der Waals surface area (Å²) in [5.74, 6) is -0.775. The fourth-order valence-electron chi connectivity index (χ4n) is 2.43. The summed E-state index contributed by atoms with van der Waals surface area (Å²) in [5.41, 5.74) is 0.455. The molecule has 1 unspecified atom stereocenters. The Hall–Kier alpha value is -1.60. The number of anilines is 1. The SMILES string of the molecule is CC(=O)N(CC(=O)Nc1ccccc1Cl)C1CCS(=O)(=O)C1. The van der Waals surface area contributed by atoms with Gasteiger partial charge in [0.25, 0.3) is 0 Å². The molecule has 0 saturated carbocycles. The average molecular weight is 345 g/mol. The molecule has 1 fully saturated rings. The highest BCUT2D eigenvalue weighted by atomic mass is 35.5. The molecule has 1 aromatic rings. The summed E-state index contributed by atoms with van der Waals surface area (Å²) in [7, 11) is -3.12. The number of hydrogen-bond acceptors (Lipinski definition) is 4. The Kier molecular flexibility index (Phi) is 5.08. The van der Waals surface area contributed by atoms with E-state index >= 15 is 0 Å². The Morgan fingerprint density at radius 3 is 2.59 bits per heavy atom. The van der Waals surface area contributed by atoms with Crippen LogP contribution < -0.4 is 5.32 Å². The molecule has 0 spiro atoms. The lowest BCUT2D eigenvalue weighted by molar-refractivity contribution is -0.134. The molecule has 1 aliphatic heterocycles. The molecular weight excluding hydrogens is 328 g/mol. The van der Waals surface area contributed by atoms with Crippen molar-refractivity contribution in [2.75, 3.05) is 23.4 Å². The van der Waals surface area contributed by atoms with Crippen LogP contribution in [0.25, 0.3) is 0 Å². The van der Waals surface area contributed by atoms with Gasteiger partial charge >= 0.3 is 0 Å². The quantitative estimate of drug-likeness (QED) is 0.892. The van der Waals surface area contributed by atoms with Crippen molar-refractivity contribution in [1.29, 1.82) is 0 Å². The number of nitrogens with one attached hydrogen (secondary N) is 1. The van der Waals surface area contributed by atoms with E-state index in [4.69, 9.17) is 11.6 Å². The minimum Gasteiger partial charge on any atom is -0.330 e. The van der Waals surface area contributed by atoms with E-state index in [1.807, 2.05) is 0 Å². The van der Waals surface area contributed by atoms with Gasteiger partial charge in [0.1, 0.15) is 6.54 Å². The first-order chi connectivity index (χ1) is 10.3. The first-order valence-corrected chi connectivity index (χ1v) is 9.00. The number of benzene rings is 1. The minimum absolute atomic E-state index is 0.0492. The molecule has 8 heteroatoms. The zero-order valence-corrected chi connectivity index (χ0v) is 13.7. The van der Waals surface area contributed by atoms with E-state index in [1.54, 1.807) is 24.3 Å². The van der Waals surface area contributed by atoms with Gasteiger partial charge in [0.2, 0.25) is 11.8 Å². The zero-order valence-electron chi connectivity index (χ0n) is 12.1. The van der Waals surface area contributed by atoms with E-state index in [0.717, 1.165) is 0 Å². The summed E-state index contributed by atoms with van der Waals surface area (Å²) in [5, 5.41) is 3.02. The van der Waals surface area contributed by atoms with E-state index in [2.05, 4.69) is 5.32 Å². The van der Waals surface area contributed by atoms with Crippen molar-refractivity contribution in [1.82, 2.24) is 4.90 Å². The smallest absolute Gasteiger partial charge is 0.244 e. The molecular formula is C14H17ClN2O4S. The molecule has 1 N–H and O–H groups in total. The van der Waals surface area contributed by atoms with Gasteiger partial charge in [0.15, 0.2) is 9.84 Å². The summed E-state index contributed by atoms with van der Waals surface area (Å²) >= 11 is 5.96. The molecule has 22 heavy (non-hydrogen) atoms. The van der Waals surface area contributed by atoms with Crippen LogP contribution in [0.4, 0.5) is 5.69 Å². The number of halogens is 1. The number of carbonyl (C=O) groups excluding carboxylic acids is 2. The van der Waals surface area contributed by atoms with Gasteiger partial charge in [-0.15, -0.1) is 0 Å². The molecule has 1 aromatic carbocycles. The fourth-order valence-corrected chi connectivity index (χ4v) is 4.34. The number of nitrogens with zero attached hydrogens (tertiary/aromatic N) is 1. The molecule has 1 heterocycles. The maximum atomic E-state index is 12.1. The molecule has 2 amide bonds. The predicted octanol–water partition coefficient (Wildman–Crippen LogP) is 1.31. The Bertz CT molecular complexity index is 690. The van der Waals surface area contributed by atoms with Crippen LogP contribution in [-0.2, 0) is 19.4 Å². The van der Waals surface area contributed by atoms with Crippen LogP contribution in [0.3, 0.4) is 0 Å². The maximum Gasteiger partial charge on any atom is 0.244 e. The average Bonchev–Trinajstić information content (AvgIpc) is 2.78. The van der Waals surface area contributed by atoms with E-state index in [1.165, 1.54) is 11.8 Å². The number of rotatable bonds is 4. The first-order valence-electron chi connectivity index (χ1n) is 6.80. The van der Waals surface area contributed by atoms with Crippen molar-refractivity contribution >= 4 is 38.9 Å². The van der Waals surface area contributed by atoms with Gasteiger partial charge in [0, 0.05) is 13.0 Å². The van der Waals surface area contributed by atoms with Crippen molar-refractivity contribution in [3.05, 3.63) is 29.3 Å². The Balaban J connectivity index is 2.04. The van der Waals surface area contributed by atoms with Gasteiger partial charge in [-0.2, -0.15) is 0 Å². The number of carbonyl (C=O) groups is 2. The van der Waals surface area contributed by atoms with Gasteiger partial charge in [-0.05, 0) is 18.6 Å². The Morgan fingerprint density at radius 2 is 2.05 bits per heavy atom. The van der Waals surface area contributed by atoms with E-state index in [9.17, 15) is 18.0 Å². The van der Waals surface area contributed by atoms with E-state index < -0.39 is 21.8 Å². The number of amides is 2. The maximum absolute atomic E-state index is 12.1. The topological polar surface area (TPSA) is 83.6 Å². The molecule has 1 aliphatic rings. The molecule has 0 bridgehead atoms. The normalized spacial score (nSPS) is 19.6. The van der Waals surface area contributed by atoms with E-state index in [0.29, 0.717) is 17.1 Å². The lowest BCUT2D eigenvalue weighted by atomic mass is 10.2. The van der Waals surface area contributed by atoms with Gasteiger partial charge in [-0.3, -0.25) is 9.59 Å². The van der Waals surface area contributed by atoms with Crippen molar-refractivity contribution < 1.29 is 18.0 Å². The first kappa shape index (κ1) is 16.8. The predicted molar refractivity (Wildman–Crippen MR) is 84.5 cm³/mol. The molecule has 2 rings (SSSR count). The van der Waals surface area contributed by atoms with Crippen LogP contribution in [-0.4, -0.2) is 49.2 Å². The molecule has 120 valence electrons. The highest BCUT2D eigenvalue weighted by Gasteiger charge is 2.34. The third kappa shape index (κ3) is 4.20. The number of sulfone groups is 1. The third-order valence-electron chi connectivity index (χ3n) is 3.52. The monoisotopic (exact) mass is 344 g/mol. The van der Waals surface area contributed by atoms with Crippen LogP contribution in [0.1, 0.15) is 13.3 Å². The van der Waals surface area contributed by atoms with Crippen LogP contribution in [0.15, 0.2) is 24.3 Å². The molecule has 0 aliphatic carbocycles. The fraction of sp³-hybridized carbons (Fsp3) is 0.429. The van der Waals surface area contributed by atoms with Crippen molar-refractivity contribution in [2.45, 2.75) is 19.4 Å². The largest absolute Gasteiger partial charge is 0.330 e. The number of hydrogen-bond donors (Lipinski definition) is 1. The lowest BCUT2D eigenvalue weighted by Gasteiger charge is -2.26. The highest BCUT2D eigenvalue weighted by molar-refractivity contribution is 7.91. The van der Waals surface area contributed by atoms with Crippen LogP contribution in [0.5, 0.6) is 0 Å². The van der Waals surface area contributed by atoms with Gasteiger partial charge in [-0.1, -0.05) is 23.7 Å². The van der Waals surface area contributed by atoms with Crippen molar-refractivity contribution in [2.24, 2.45) is 0 Å². The Labute approximate surface area is 134 Å². The highest BCUT2D eigenvalue weighted by Crippen LogP contribution is 2.21. The molecule has 0 radical (unpaired) electrons. The van der Waals surface area contributed by atoms with Crippen molar-refractivity contribution in [3.8, 4) is 0 Å². The molecule has 1 saturated heterocycles. The second kappa shape index (κ2) is 6.66. The van der Waals surface area contributed by atoms with E-state index in [-0.39, 0.29) is 24.0 Å². The molecule has 1 atom stereocenters. The van der Waals surface area contributed by atoms with Crippen LogP contribution in [0, 0.1) is 0 Å². The van der Waals surface area contributed by atoms with Gasteiger partial charge in [0.05, 0.1) is 22.2 Å². The Morgan fingerprint density at radius 1 is 1.36 bits per heavy atom. The molecule has 0 aromatic heterocycles. The summed E-state index contributed by atoms with van der Waals surface area (Å²) in [6, 6.07) is 6.32.